The molecule has 0 radical (unpaired) electrons. The van der Waals surface area contributed by atoms with E-state index in [2.05, 4.69) is 26.2 Å². The molecule has 1 heterocycles. The van der Waals surface area contributed by atoms with Gasteiger partial charge < -0.3 is 9.88 Å². The van der Waals surface area contributed by atoms with Gasteiger partial charge >= 0.3 is 0 Å². The Hall–Kier alpha value is -0.840. The smallest absolute Gasteiger partial charge is 0.136 e. The molecule has 0 unspecified atom stereocenters. The summed E-state index contributed by atoms with van der Waals surface area (Å²) in [7, 11) is 3.81. The summed E-state index contributed by atoms with van der Waals surface area (Å²) in [6, 6.07) is 7.97. The van der Waals surface area contributed by atoms with Crippen LogP contribution in [0.1, 0.15) is 5.82 Å². The Kier molecular flexibility index (Phi) is 3.86. The highest BCUT2D eigenvalue weighted by molar-refractivity contribution is 9.10. The van der Waals surface area contributed by atoms with Crippen LogP contribution in [0.3, 0.4) is 0 Å². The maximum Gasteiger partial charge on any atom is 0.136 e. The molecule has 0 saturated heterocycles. The Morgan fingerprint density at radius 3 is 2.59 bits per heavy atom. The minimum Gasteiger partial charge on any atom is -0.321 e. The highest BCUT2D eigenvalue weighted by atomic mass is 79.9. The summed E-state index contributed by atoms with van der Waals surface area (Å²) < 4.78 is 2.94. The number of rotatable bonds is 3. The van der Waals surface area contributed by atoms with Gasteiger partial charge in [0.2, 0.25) is 0 Å². The fourth-order valence-corrected chi connectivity index (χ4v) is 2.14. The second kappa shape index (κ2) is 5.21. The van der Waals surface area contributed by atoms with Gasteiger partial charge in [-0.15, -0.1) is 0 Å². The lowest BCUT2D eigenvalue weighted by Crippen LogP contribution is -2.10. The number of imidazole rings is 1. The highest BCUT2D eigenvalue weighted by Gasteiger charge is 2.13. The van der Waals surface area contributed by atoms with Gasteiger partial charge in [-0.1, -0.05) is 39.7 Å². The van der Waals surface area contributed by atoms with E-state index in [-0.39, 0.29) is 0 Å². The predicted octanol–water partition coefficient (Wildman–Crippen LogP) is 3.22. The maximum atomic E-state index is 6.28. The fourth-order valence-electron chi connectivity index (χ4n) is 1.63. The summed E-state index contributed by atoms with van der Waals surface area (Å²) >= 11 is 9.70. The van der Waals surface area contributed by atoms with Crippen LogP contribution in [0, 0.1) is 0 Å². The molecule has 2 rings (SSSR count). The summed E-state index contributed by atoms with van der Waals surface area (Å²) in [4.78, 5) is 4.55. The van der Waals surface area contributed by atoms with E-state index in [0.29, 0.717) is 11.7 Å². The topological polar surface area (TPSA) is 29.9 Å². The third-order valence-corrected chi connectivity index (χ3v) is 3.53. The van der Waals surface area contributed by atoms with Crippen LogP contribution < -0.4 is 5.32 Å². The lowest BCUT2D eigenvalue weighted by atomic mass is 10.2. The van der Waals surface area contributed by atoms with E-state index in [0.717, 1.165) is 21.6 Å². The second-order valence-electron chi connectivity index (χ2n) is 3.76. The number of nitrogens with one attached hydrogen (secondary N) is 1. The third kappa shape index (κ3) is 2.54. The predicted molar refractivity (Wildman–Crippen MR) is 74.1 cm³/mol. The van der Waals surface area contributed by atoms with Gasteiger partial charge in [-0.25, -0.2) is 4.98 Å². The zero-order valence-electron chi connectivity index (χ0n) is 9.67. The molecule has 1 N–H and O–H groups in total. The summed E-state index contributed by atoms with van der Waals surface area (Å²) in [6.07, 6.45) is 0. The molecule has 3 nitrogen and oxygen atoms in total. The van der Waals surface area contributed by atoms with Gasteiger partial charge in [0.25, 0.3) is 0 Å². The van der Waals surface area contributed by atoms with Crippen molar-refractivity contribution in [1.82, 2.24) is 14.9 Å². The third-order valence-electron chi connectivity index (χ3n) is 2.57. The van der Waals surface area contributed by atoms with E-state index >= 15 is 0 Å². The summed E-state index contributed by atoms with van der Waals surface area (Å²) in [5.41, 5.74) is 1.85. The molecule has 1 aromatic carbocycles. The first-order chi connectivity index (χ1) is 8.13. The molecule has 0 saturated carbocycles. The standard InChI is InChI=1S/C12H13BrClN3/c1-15-7-10-16-11(12(14)17(10)2)8-3-5-9(13)6-4-8/h3-6,15H,7H2,1-2H3. The Morgan fingerprint density at radius 1 is 1.35 bits per heavy atom. The zero-order valence-corrected chi connectivity index (χ0v) is 12.0. The minimum absolute atomic E-state index is 0.664. The van der Waals surface area contributed by atoms with Gasteiger partial charge in [-0.05, 0) is 19.2 Å². The molecular formula is C12H13BrClN3. The van der Waals surface area contributed by atoms with Crippen molar-refractivity contribution in [2.24, 2.45) is 7.05 Å². The van der Waals surface area contributed by atoms with Crippen LogP contribution in [0.4, 0.5) is 0 Å². The van der Waals surface area contributed by atoms with Crippen LogP contribution >= 0.6 is 27.5 Å². The Labute approximate surface area is 114 Å². The van der Waals surface area contributed by atoms with Crippen LogP contribution in [0.15, 0.2) is 28.7 Å². The molecule has 1 aromatic heterocycles. The van der Waals surface area contributed by atoms with E-state index < -0.39 is 0 Å². The van der Waals surface area contributed by atoms with Crippen molar-refractivity contribution in [3.63, 3.8) is 0 Å². The maximum absolute atomic E-state index is 6.28. The first-order valence-electron chi connectivity index (χ1n) is 5.25. The Balaban J connectivity index is 2.45. The van der Waals surface area contributed by atoms with Crippen LogP contribution in [0.5, 0.6) is 0 Å². The van der Waals surface area contributed by atoms with Crippen molar-refractivity contribution in [3.05, 3.63) is 39.7 Å². The van der Waals surface area contributed by atoms with Crippen molar-refractivity contribution in [3.8, 4) is 11.3 Å². The van der Waals surface area contributed by atoms with Crippen LogP contribution in [0.2, 0.25) is 5.15 Å². The van der Waals surface area contributed by atoms with Gasteiger partial charge in [0.1, 0.15) is 16.7 Å². The number of hydrogen-bond donors (Lipinski definition) is 1. The molecule has 2 aromatic rings. The lowest BCUT2D eigenvalue weighted by molar-refractivity contribution is 0.710. The van der Waals surface area contributed by atoms with Crippen molar-refractivity contribution in [1.29, 1.82) is 0 Å². The SMILES string of the molecule is CNCc1nc(-c2ccc(Br)cc2)c(Cl)n1C. The van der Waals surface area contributed by atoms with Crippen molar-refractivity contribution in [2.45, 2.75) is 6.54 Å². The molecule has 0 atom stereocenters. The molecule has 0 aliphatic rings. The van der Waals surface area contributed by atoms with E-state index in [9.17, 15) is 0 Å². The molecule has 0 bridgehead atoms. The molecular weight excluding hydrogens is 302 g/mol. The second-order valence-corrected chi connectivity index (χ2v) is 5.04. The fraction of sp³-hybridized carbons (Fsp3) is 0.250. The Morgan fingerprint density at radius 2 is 2.00 bits per heavy atom. The first-order valence-corrected chi connectivity index (χ1v) is 6.42. The average molecular weight is 315 g/mol. The molecule has 90 valence electrons. The van der Waals surface area contributed by atoms with Crippen LogP contribution in [-0.4, -0.2) is 16.6 Å². The summed E-state index contributed by atoms with van der Waals surface area (Å²) in [5, 5.41) is 3.74. The lowest BCUT2D eigenvalue weighted by Gasteiger charge is -2.00. The first kappa shape index (κ1) is 12.6. The number of aromatic nitrogens is 2. The quantitative estimate of drug-likeness (QED) is 0.942. The van der Waals surface area contributed by atoms with Gasteiger partial charge in [0.15, 0.2) is 0 Å². The number of benzene rings is 1. The number of halogens is 2. The highest BCUT2D eigenvalue weighted by Crippen LogP contribution is 2.28. The molecule has 0 aliphatic carbocycles. The van der Waals surface area contributed by atoms with Crippen LogP contribution in [0.25, 0.3) is 11.3 Å². The van der Waals surface area contributed by atoms with E-state index in [1.54, 1.807) is 0 Å². The van der Waals surface area contributed by atoms with E-state index in [1.165, 1.54) is 0 Å². The minimum atomic E-state index is 0.664. The van der Waals surface area contributed by atoms with Crippen molar-refractivity contribution >= 4 is 27.5 Å². The Bertz CT molecular complexity index is 519. The van der Waals surface area contributed by atoms with E-state index in [4.69, 9.17) is 11.6 Å². The summed E-state index contributed by atoms with van der Waals surface area (Å²) in [6.45, 7) is 0.701. The van der Waals surface area contributed by atoms with Crippen LogP contribution in [-0.2, 0) is 13.6 Å². The number of nitrogens with zero attached hydrogens (tertiary/aromatic N) is 2. The average Bonchev–Trinajstić information content (AvgIpc) is 2.59. The van der Waals surface area contributed by atoms with Gasteiger partial charge in [-0.2, -0.15) is 0 Å². The molecule has 0 fully saturated rings. The molecule has 5 heteroatoms. The molecule has 17 heavy (non-hydrogen) atoms. The van der Waals surface area contributed by atoms with Gasteiger partial charge in [0.05, 0.1) is 6.54 Å². The summed E-state index contributed by atoms with van der Waals surface area (Å²) in [5.74, 6) is 0.926. The monoisotopic (exact) mass is 313 g/mol. The van der Waals surface area contributed by atoms with Crippen molar-refractivity contribution < 1.29 is 0 Å². The van der Waals surface area contributed by atoms with E-state index in [1.807, 2.05) is 42.9 Å². The van der Waals surface area contributed by atoms with Gasteiger partial charge in [-0.3, -0.25) is 0 Å². The molecule has 0 aliphatic heterocycles. The number of hydrogen-bond acceptors (Lipinski definition) is 2. The normalized spacial score (nSPS) is 10.8. The zero-order chi connectivity index (χ0) is 12.4. The van der Waals surface area contributed by atoms with Gasteiger partial charge in [0, 0.05) is 17.1 Å². The molecule has 0 amide bonds. The van der Waals surface area contributed by atoms with Crippen molar-refractivity contribution in [2.75, 3.05) is 7.05 Å². The largest absolute Gasteiger partial charge is 0.321 e. The molecule has 0 spiro atoms.